The Bertz CT molecular complexity index is 3760. The maximum atomic E-state index is 11.5. The summed E-state index contributed by atoms with van der Waals surface area (Å²) in [5, 5.41) is 41.3. The molecule has 0 spiro atoms. The molecule has 0 amide bonds. The molecule has 11 rings (SSSR count). The van der Waals surface area contributed by atoms with E-state index in [1.165, 1.54) is 111 Å². The average molecular weight is 1160 g/mol. The van der Waals surface area contributed by atoms with Gasteiger partial charge in [-0.05, 0) is 189 Å². The van der Waals surface area contributed by atoms with Crippen molar-refractivity contribution in [1.82, 2.24) is 4.48 Å². The van der Waals surface area contributed by atoms with Gasteiger partial charge in [-0.3, -0.25) is 4.48 Å². The van der Waals surface area contributed by atoms with Crippen LogP contribution in [0.1, 0.15) is 123 Å². The molecule has 6 nitrogen and oxygen atoms in total. The Morgan fingerprint density at radius 3 is 1.49 bits per heavy atom. The minimum atomic E-state index is -0.970. The molecule has 10 aromatic rings. The fourth-order valence-electron chi connectivity index (χ4n) is 10.2. The van der Waals surface area contributed by atoms with Gasteiger partial charge in [0.1, 0.15) is 17.2 Å². The SMILES string of the molecule is C.C.C[N+](C)(C)c1ccc(/C=C/C=C/c2ccc(O)cc2)cc1.Cc1ccc2cc(-c3ccc(O)cc3)ccc2c1.Cc1ccccc1-c1ccc(C(C)(C)C)cc1.Cc1ccccc1C1CCCCC1.O=C(O)c1ccc(-c2ccccc2[O-])cc1. The minimum absolute atomic E-state index is 0. The number of carboxylic acid groups (broad SMARTS) is 1. The predicted molar refractivity (Wildman–Crippen MR) is 372 cm³/mol. The summed E-state index contributed by atoms with van der Waals surface area (Å²) in [5.41, 5.74) is 17.3. The number of benzene rings is 10. The van der Waals surface area contributed by atoms with Crippen molar-refractivity contribution in [3.05, 3.63) is 287 Å². The van der Waals surface area contributed by atoms with Gasteiger partial charge in [0.15, 0.2) is 0 Å². The fraction of sp³-hybridized carbons (Fsp3) is 0.222. The molecule has 1 fully saturated rings. The summed E-state index contributed by atoms with van der Waals surface area (Å²) in [6, 6.07) is 75.2. The van der Waals surface area contributed by atoms with E-state index in [9.17, 15) is 20.1 Å². The summed E-state index contributed by atoms with van der Waals surface area (Å²) >= 11 is 0. The van der Waals surface area contributed by atoms with Gasteiger partial charge in [0.2, 0.25) is 0 Å². The third-order valence-electron chi connectivity index (χ3n) is 15.2. The summed E-state index contributed by atoms with van der Waals surface area (Å²) in [5.74, 6) is 0.415. The number of fused-ring (bicyclic) bond motifs is 1. The number of phenolic OH excluding ortho intramolecular Hbond substituents is 2. The second-order valence-corrected chi connectivity index (χ2v) is 23.7. The van der Waals surface area contributed by atoms with Gasteiger partial charge in [-0.15, -0.1) is 5.75 Å². The van der Waals surface area contributed by atoms with Gasteiger partial charge in [0.05, 0.1) is 26.7 Å². The van der Waals surface area contributed by atoms with E-state index in [0.717, 1.165) is 27.1 Å². The molecule has 450 valence electrons. The molecule has 0 heterocycles. The van der Waals surface area contributed by atoms with Crippen LogP contribution in [0, 0.1) is 20.8 Å². The Balaban J connectivity index is 0.000000199. The number of nitrogens with zero attached hydrogens (tertiary/aromatic N) is 1. The number of hydrogen-bond acceptors (Lipinski definition) is 4. The molecule has 87 heavy (non-hydrogen) atoms. The molecule has 0 atom stereocenters. The van der Waals surface area contributed by atoms with Crippen LogP contribution in [0.15, 0.2) is 243 Å². The van der Waals surface area contributed by atoms with Gasteiger partial charge in [0, 0.05) is 0 Å². The van der Waals surface area contributed by atoms with E-state index in [-0.39, 0.29) is 31.6 Å². The standard InChI is InChI=1S/C19H21NO.C17H14O.C17H20.C13H10O3.C13H18.2CH4/c1-20(2,3)18-12-8-16(9-13-18)6-4-5-7-17-10-14-19(21)15-11-17;1-12-2-3-16-11-15(5-4-14(16)10-12)13-6-8-17(18)9-7-13;1-13-7-5-6-8-16(13)14-9-11-15(12-10-14)17(2,3)4;14-12-4-2-1-3-11(12)9-5-7-10(8-6-9)13(15)16;1-11-7-5-6-10-13(11)12-8-3-2-4-9-12;;/h4-15H,1-3H3;2-11,18H,1H3;5-12H,1-4H3;1-8,14H,(H,15,16);5-7,10,12H,2-4,8-9H2,1H3;2*1H4/b6-4+,7-5+;;;;;;. The largest absolute Gasteiger partial charge is 0.872 e. The van der Waals surface area contributed by atoms with Crippen LogP contribution in [0.2, 0.25) is 0 Å². The van der Waals surface area contributed by atoms with Crippen molar-refractivity contribution in [2.45, 2.75) is 99.8 Å². The van der Waals surface area contributed by atoms with Crippen molar-refractivity contribution in [1.29, 1.82) is 0 Å². The Morgan fingerprint density at radius 2 is 0.954 bits per heavy atom. The number of quaternary nitrogens is 1. The highest BCUT2D eigenvalue weighted by Gasteiger charge is 2.17. The number of aromatic carboxylic acids is 1. The second kappa shape index (κ2) is 32.9. The molecule has 0 radical (unpaired) electrons. The van der Waals surface area contributed by atoms with Crippen molar-refractivity contribution in [3.63, 3.8) is 0 Å². The van der Waals surface area contributed by atoms with E-state index >= 15 is 0 Å². The summed E-state index contributed by atoms with van der Waals surface area (Å²) < 4.78 is 0.824. The zero-order valence-electron chi connectivity index (χ0n) is 51.0. The number of phenols is 2. The molecule has 0 aliphatic heterocycles. The van der Waals surface area contributed by atoms with Crippen LogP contribution in [0.25, 0.3) is 56.3 Å². The number of carbonyl (C=O) groups is 1. The van der Waals surface area contributed by atoms with E-state index in [4.69, 9.17) is 5.11 Å². The normalized spacial score (nSPS) is 12.1. The lowest BCUT2D eigenvalue weighted by Gasteiger charge is -2.23. The van der Waals surface area contributed by atoms with Crippen LogP contribution in [-0.4, -0.2) is 42.4 Å². The van der Waals surface area contributed by atoms with Crippen LogP contribution in [-0.2, 0) is 5.41 Å². The third-order valence-corrected chi connectivity index (χ3v) is 15.2. The molecule has 0 unspecified atom stereocenters. The first-order valence-electron chi connectivity index (χ1n) is 29.4. The predicted octanol–water partition coefficient (Wildman–Crippen LogP) is 21.2. The third kappa shape index (κ3) is 21.1. The van der Waals surface area contributed by atoms with E-state index in [1.807, 2.05) is 42.5 Å². The quantitative estimate of drug-likeness (QED) is 0.0987. The van der Waals surface area contributed by atoms with Crippen molar-refractivity contribution in [2.75, 3.05) is 21.1 Å². The highest BCUT2D eigenvalue weighted by molar-refractivity contribution is 5.89. The van der Waals surface area contributed by atoms with Gasteiger partial charge < -0.3 is 20.4 Å². The number of allylic oxidation sites excluding steroid dienone is 2. The van der Waals surface area contributed by atoms with Crippen molar-refractivity contribution >= 4 is 34.6 Å². The molecule has 10 aromatic carbocycles. The fourth-order valence-corrected chi connectivity index (χ4v) is 10.2. The summed E-state index contributed by atoms with van der Waals surface area (Å²) in [6.45, 7) is 13.2. The van der Waals surface area contributed by atoms with E-state index in [2.05, 4.69) is 202 Å². The monoisotopic (exact) mass is 1160 g/mol. The van der Waals surface area contributed by atoms with Crippen LogP contribution in [0.4, 0.5) is 5.69 Å². The van der Waals surface area contributed by atoms with Crippen LogP contribution >= 0.6 is 0 Å². The number of para-hydroxylation sites is 1. The number of aromatic hydroxyl groups is 2. The first-order chi connectivity index (χ1) is 40.7. The zero-order chi connectivity index (χ0) is 60.9. The second-order valence-electron chi connectivity index (χ2n) is 23.7. The lowest BCUT2D eigenvalue weighted by Crippen LogP contribution is -2.34. The molecular weight excluding hydrogens is 1070 g/mol. The van der Waals surface area contributed by atoms with Crippen molar-refractivity contribution in [2.24, 2.45) is 0 Å². The molecular formula is C81H91NO5. The van der Waals surface area contributed by atoms with Gasteiger partial charge in [-0.25, -0.2) is 4.79 Å². The highest BCUT2D eigenvalue weighted by atomic mass is 16.4. The first-order valence-corrected chi connectivity index (χ1v) is 29.4. The van der Waals surface area contributed by atoms with Gasteiger partial charge in [-0.1, -0.05) is 249 Å². The molecule has 0 bridgehead atoms. The Kier molecular flexibility index (Phi) is 25.9. The number of carboxylic acids is 1. The smallest absolute Gasteiger partial charge is 0.335 e. The average Bonchev–Trinajstić information content (AvgIpc) is 3.57. The van der Waals surface area contributed by atoms with E-state index in [1.54, 1.807) is 60.2 Å². The van der Waals surface area contributed by atoms with E-state index < -0.39 is 5.97 Å². The minimum Gasteiger partial charge on any atom is -0.872 e. The molecule has 0 aromatic heterocycles. The van der Waals surface area contributed by atoms with Crippen molar-refractivity contribution < 1.29 is 25.2 Å². The molecule has 6 heteroatoms. The van der Waals surface area contributed by atoms with E-state index in [0.29, 0.717) is 17.1 Å². The Labute approximate surface area is 520 Å². The summed E-state index contributed by atoms with van der Waals surface area (Å²) in [4.78, 5) is 10.7. The summed E-state index contributed by atoms with van der Waals surface area (Å²) in [6.07, 6.45) is 15.2. The number of hydrogen-bond donors (Lipinski definition) is 3. The van der Waals surface area contributed by atoms with Crippen LogP contribution in [0.3, 0.4) is 0 Å². The Hall–Kier alpha value is -9.23. The van der Waals surface area contributed by atoms with Gasteiger partial charge in [-0.2, -0.15) is 0 Å². The maximum absolute atomic E-state index is 11.5. The lowest BCUT2D eigenvalue weighted by molar-refractivity contribution is -0.267. The van der Waals surface area contributed by atoms with Crippen LogP contribution < -0.4 is 9.59 Å². The Morgan fingerprint density at radius 1 is 0.494 bits per heavy atom. The molecule has 1 saturated carbocycles. The van der Waals surface area contributed by atoms with Crippen molar-refractivity contribution in [3.8, 4) is 50.6 Å². The molecule has 0 saturated heterocycles. The molecule has 3 N–H and O–H groups in total. The van der Waals surface area contributed by atoms with Gasteiger partial charge in [0.25, 0.3) is 0 Å². The topological polar surface area (TPSA) is 101 Å². The van der Waals surface area contributed by atoms with Gasteiger partial charge >= 0.3 is 5.97 Å². The zero-order valence-corrected chi connectivity index (χ0v) is 51.0. The number of aryl methyl sites for hydroxylation is 3. The lowest BCUT2D eigenvalue weighted by atomic mass is 9.82. The summed E-state index contributed by atoms with van der Waals surface area (Å²) in [7, 11) is 6.47. The number of rotatable bonds is 9. The maximum Gasteiger partial charge on any atom is 0.335 e. The molecule has 1 aliphatic rings. The van der Waals surface area contributed by atoms with Crippen LogP contribution in [0.5, 0.6) is 17.2 Å². The first kappa shape index (κ1) is 68.5. The molecule has 1 aliphatic carbocycles. The highest BCUT2D eigenvalue weighted by Crippen LogP contribution is 2.35.